The highest BCUT2D eigenvalue weighted by atomic mass is 19.1. The van der Waals surface area contributed by atoms with E-state index in [4.69, 9.17) is 0 Å². The molecular weight excluding hydrogens is 369 g/mol. The Hall–Kier alpha value is -3.87. The Morgan fingerprint density at radius 3 is 2.62 bits per heavy atom. The highest BCUT2D eigenvalue weighted by Gasteiger charge is 2.09. The summed E-state index contributed by atoms with van der Waals surface area (Å²) >= 11 is 0. The van der Waals surface area contributed by atoms with E-state index in [1.54, 1.807) is 36.3 Å². The van der Waals surface area contributed by atoms with Crippen molar-refractivity contribution in [3.05, 3.63) is 84.8 Å². The van der Waals surface area contributed by atoms with Crippen LogP contribution in [0.25, 0.3) is 22.4 Å². The van der Waals surface area contributed by atoms with Gasteiger partial charge in [0.2, 0.25) is 5.91 Å². The first-order valence-electron chi connectivity index (χ1n) is 9.04. The summed E-state index contributed by atoms with van der Waals surface area (Å²) in [5.74, 6) is -0.564. The summed E-state index contributed by atoms with van der Waals surface area (Å²) in [5, 5.41) is 7.28. The summed E-state index contributed by atoms with van der Waals surface area (Å²) in [6.45, 7) is 1.80. The smallest absolute Gasteiger partial charge is 0.246 e. The number of aromatic nitrogens is 4. The minimum absolute atomic E-state index is 0.0586. The summed E-state index contributed by atoms with van der Waals surface area (Å²) in [6, 6.07) is 14.0. The molecule has 0 saturated carbocycles. The van der Waals surface area contributed by atoms with Crippen molar-refractivity contribution in [1.82, 2.24) is 19.7 Å². The fourth-order valence-electron chi connectivity index (χ4n) is 3.01. The van der Waals surface area contributed by atoms with E-state index < -0.39 is 0 Å². The van der Waals surface area contributed by atoms with E-state index in [-0.39, 0.29) is 18.3 Å². The van der Waals surface area contributed by atoms with Crippen LogP contribution >= 0.6 is 0 Å². The van der Waals surface area contributed by atoms with E-state index in [1.165, 1.54) is 18.5 Å². The van der Waals surface area contributed by atoms with Gasteiger partial charge in [-0.25, -0.2) is 14.4 Å². The number of amides is 1. The highest BCUT2D eigenvalue weighted by molar-refractivity contribution is 5.91. The van der Waals surface area contributed by atoms with Crippen LogP contribution in [0.2, 0.25) is 0 Å². The van der Waals surface area contributed by atoms with Crippen molar-refractivity contribution in [1.29, 1.82) is 0 Å². The van der Waals surface area contributed by atoms with Gasteiger partial charge < -0.3 is 5.32 Å². The van der Waals surface area contributed by atoms with Gasteiger partial charge in [-0.2, -0.15) is 5.10 Å². The van der Waals surface area contributed by atoms with Crippen molar-refractivity contribution in [3.8, 4) is 22.4 Å². The Balaban J connectivity index is 1.48. The van der Waals surface area contributed by atoms with Gasteiger partial charge in [0.1, 0.15) is 18.7 Å². The van der Waals surface area contributed by atoms with E-state index in [9.17, 15) is 9.18 Å². The predicted octanol–water partition coefficient (Wildman–Crippen LogP) is 4.09. The maximum atomic E-state index is 13.2. The minimum Gasteiger partial charge on any atom is -0.324 e. The largest absolute Gasteiger partial charge is 0.324 e. The molecule has 1 N–H and O–H groups in total. The highest BCUT2D eigenvalue weighted by Crippen LogP contribution is 2.24. The fraction of sp³-hybridized carbons (Fsp3) is 0.0909. The molecule has 2 aromatic carbocycles. The van der Waals surface area contributed by atoms with Crippen molar-refractivity contribution < 1.29 is 9.18 Å². The quantitative estimate of drug-likeness (QED) is 0.560. The number of benzene rings is 2. The summed E-state index contributed by atoms with van der Waals surface area (Å²) < 4.78 is 14.8. The van der Waals surface area contributed by atoms with Gasteiger partial charge in [-0.3, -0.25) is 9.48 Å². The van der Waals surface area contributed by atoms with Crippen LogP contribution in [0.4, 0.5) is 10.1 Å². The van der Waals surface area contributed by atoms with E-state index in [0.29, 0.717) is 11.3 Å². The van der Waals surface area contributed by atoms with Crippen LogP contribution in [0.1, 0.15) is 5.56 Å². The SMILES string of the molecule is Cc1cc(F)ccc1NC(=O)Cn1ccc(-c2cccc(-c3cncnc3)c2)n1. The molecule has 6 nitrogen and oxygen atoms in total. The maximum absolute atomic E-state index is 13.2. The molecule has 0 saturated heterocycles. The topological polar surface area (TPSA) is 72.7 Å². The normalized spacial score (nSPS) is 10.7. The number of carbonyl (C=O) groups is 1. The second kappa shape index (κ2) is 8.02. The molecule has 4 rings (SSSR count). The summed E-state index contributed by atoms with van der Waals surface area (Å²) in [5.41, 5.74) is 4.85. The number of halogens is 1. The van der Waals surface area contributed by atoms with E-state index in [2.05, 4.69) is 20.4 Å². The molecule has 0 unspecified atom stereocenters. The van der Waals surface area contributed by atoms with Gasteiger partial charge in [0, 0.05) is 35.4 Å². The molecule has 0 fully saturated rings. The first-order chi connectivity index (χ1) is 14.1. The zero-order valence-electron chi connectivity index (χ0n) is 15.7. The lowest BCUT2D eigenvalue weighted by molar-refractivity contribution is -0.116. The van der Waals surface area contributed by atoms with Crippen LogP contribution in [0.15, 0.2) is 73.4 Å². The summed E-state index contributed by atoms with van der Waals surface area (Å²) in [4.78, 5) is 20.4. The van der Waals surface area contributed by atoms with E-state index in [0.717, 1.165) is 22.4 Å². The molecule has 144 valence electrons. The lowest BCUT2D eigenvalue weighted by Crippen LogP contribution is -2.19. The Labute approximate surface area is 167 Å². The van der Waals surface area contributed by atoms with Crippen LogP contribution in [0.3, 0.4) is 0 Å². The fourth-order valence-corrected chi connectivity index (χ4v) is 3.01. The Kier molecular flexibility index (Phi) is 5.11. The molecule has 29 heavy (non-hydrogen) atoms. The zero-order valence-corrected chi connectivity index (χ0v) is 15.7. The maximum Gasteiger partial charge on any atom is 0.246 e. The molecular formula is C22H18FN5O. The molecule has 0 spiro atoms. The van der Waals surface area contributed by atoms with Crippen molar-refractivity contribution in [3.63, 3.8) is 0 Å². The van der Waals surface area contributed by atoms with Gasteiger partial charge in [0.15, 0.2) is 0 Å². The van der Waals surface area contributed by atoms with Gasteiger partial charge in [0.25, 0.3) is 0 Å². The molecule has 2 heterocycles. The first kappa shape index (κ1) is 18.5. The van der Waals surface area contributed by atoms with Crippen LogP contribution in [0, 0.1) is 12.7 Å². The Morgan fingerprint density at radius 2 is 1.83 bits per heavy atom. The number of aryl methyl sites for hydroxylation is 1. The minimum atomic E-state index is -0.332. The van der Waals surface area contributed by atoms with Crippen molar-refractivity contribution >= 4 is 11.6 Å². The number of hydrogen-bond acceptors (Lipinski definition) is 4. The number of rotatable bonds is 5. The molecule has 4 aromatic rings. The average molecular weight is 387 g/mol. The molecule has 2 aromatic heterocycles. The third kappa shape index (κ3) is 4.35. The summed E-state index contributed by atoms with van der Waals surface area (Å²) in [6.07, 6.45) is 6.76. The Bertz CT molecular complexity index is 1160. The van der Waals surface area contributed by atoms with Gasteiger partial charge in [-0.15, -0.1) is 0 Å². The third-order valence-electron chi connectivity index (χ3n) is 4.46. The molecule has 7 heteroatoms. The first-order valence-corrected chi connectivity index (χ1v) is 9.04. The molecule has 0 aliphatic heterocycles. The molecule has 0 aliphatic rings. The van der Waals surface area contributed by atoms with E-state index >= 15 is 0 Å². The van der Waals surface area contributed by atoms with Crippen molar-refractivity contribution in [2.75, 3.05) is 5.32 Å². The second-order valence-electron chi connectivity index (χ2n) is 6.61. The number of hydrogen-bond donors (Lipinski definition) is 1. The van der Waals surface area contributed by atoms with Crippen LogP contribution in [-0.2, 0) is 11.3 Å². The third-order valence-corrected chi connectivity index (χ3v) is 4.46. The average Bonchev–Trinajstić information content (AvgIpc) is 3.19. The van der Waals surface area contributed by atoms with Gasteiger partial charge in [0.05, 0.1) is 5.69 Å². The Morgan fingerprint density at radius 1 is 1.03 bits per heavy atom. The van der Waals surface area contributed by atoms with Crippen LogP contribution in [0.5, 0.6) is 0 Å². The number of anilines is 1. The number of carbonyl (C=O) groups excluding carboxylic acids is 1. The standard InChI is InChI=1S/C22H18FN5O/c1-15-9-19(23)5-6-20(15)26-22(29)13-28-8-7-21(27-28)17-4-2-3-16(10-17)18-11-24-14-25-12-18/h2-12,14H,13H2,1H3,(H,26,29). The van der Waals surface area contributed by atoms with Crippen molar-refractivity contribution in [2.24, 2.45) is 0 Å². The predicted molar refractivity (Wildman–Crippen MR) is 108 cm³/mol. The monoisotopic (exact) mass is 387 g/mol. The van der Waals surface area contributed by atoms with Crippen molar-refractivity contribution in [2.45, 2.75) is 13.5 Å². The lowest BCUT2D eigenvalue weighted by Gasteiger charge is -2.08. The summed E-state index contributed by atoms with van der Waals surface area (Å²) in [7, 11) is 0. The van der Waals surface area contributed by atoms with Gasteiger partial charge in [-0.1, -0.05) is 18.2 Å². The number of nitrogens with one attached hydrogen (secondary N) is 1. The van der Waals surface area contributed by atoms with Crippen LogP contribution in [-0.4, -0.2) is 25.7 Å². The molecule has 0 aliphatic carbocycles. The molecule has 0 atom stereocenters. The van der Waals surface area contributed by atoms with Gasteiger partial charge >= 0.3 is 0 Å². The van der Waals surface area contributed by atoms with Crippen LogP contribution < -0.4 is 5.32 Å². The van der Waals surface area contributed by atoms with E-state index in [1.807, 2.05) is 30.3 Å². The molecule has 1 amide bonds. The number of nitrogens with zero attached hydrogens (tertiary/aromatic N) is 4. The molecule has 0 bridgehead atoms. The van der Waals surface area contributed by atoms with Gasteiger partial charge in [-0.05, 0) is 48.4 Å². The second-order valence-corrected chi connectivity index (χ2v) is 6.61. The lowest BCUT2D eigenvalue weighted by atomic mass is 10.0. The zero-order chi connectivity index (χ0) is 20.2. The molecule has 0 radical (unpaired) electrons.